The number of fused-ring (bicyclic) bond motifs is 2. The fraction of sp³-hybridized carbons (Fsp3) is 0.192. The number of para-hydroxylation sites is 1. The first kappa shape index (κ1) is 20.5. The summed E-state index contributed by atoms with van der Waals surface area (Å²) >= 11 is 1.32. The Morgan fingerprint density at radius 1 is 0.969 bits per heavy atom. The maximum absolute atomic E-state index is 13.3. The van der Waals surface area contributed by atoms with Crippen LogP contribution in [0.15, 0.2) is 82.7 Å². The number of rotatable bonds is 4. The van der Waals surface area contributed by atoms with Gasteiger partial charge in [0.05, 0.1) is 22.3 Å². The zero-order valence-corrected chi connectivity index (χ0v) is 18.6. The number of nitrogens with zero attached hydrogens (tertiary/aromatic N) is 3. The van der Waals surface area contributed by atoms with Gasteiger partial charge in [0.25, 0.3) is 5.56 Å². The number of carbonyl (C=O) groups is 1. The summed E-state index contributed by atoms with van der Waals surface area (Å²) in [4.78, 5) is 33.0. The first-order valence-electron chi connectivity index (χ1n) is 10.7. The molecule has 0 saturated heterocycles. The van der Waals surface area contributed by atoms with Crippen molar-refractivity contribution in [3.05, 3.63) is 99.8 Å². The zero-order valence-electron chi connectivity index (χ0n) is 17.8. The number of thioether (sulfide) groups is 1. The van der Waals surface area contributed by atoms with E-state index in [-0.39, 0.29) is 17.2 Å². The molecular formula is C26H23N3O2S. The lowest BCUT2D eigenvalue weighted by Crippen LogP contribution is -2.37. The number of carbonyl (C=O) groups excluding carboxylic acids is 1. The summed E-state index contributed by atoms with van der Waals surface area (Å²) in [5.41, 5.74) is 4.90. The third-order valence-corrected chi connectivity index (χ3v) is 6.77. The molecule has 0 N–H and O–H groups in total. The minimum atomic E-state index is -0.124. The second-order valence-corrected chi connectivity index (χ2v) is 8.95. The Morgan fingerprint density at radius 2 is 1.69 bits per heavy atom. The molecule has 3 aromatic carbocycles. The molecule has 2 heterocycles. The van der Waals surface area contributed by atoms with Crippen LogP contribution in [0.5, 0.6) is 0 Å². The van der Waals surface area contributed by atoms with Crippen LogP contribution in [-0.2, 0) is 17.8 Å². The van der Waals surface area contributed by atoms with E-state index in [0.717, 1.165) is 17.7 Å². The summed E-state index contributed by atoms with van der Waals surface area (Å²) in [7, 11) is 0. The highest BCUT2D eigenvalue weighted by Crippen LogP contribution is 2.24. The standard InChI is InChI=1S/C26H23N3O2S/c1-18-10-12-21(13-11-18)29-25(31)22-8-4-5-9-23(22)27-26(29)32-17-24(30)28-15-14-19-6-2-3-7-20(19)16-28/h2-13H,14-17H2,1H3. The molecule has 1 amide bonds. The third-order valence-electron chi connectivity index (χ3n) is 5.85. The van der Waals surface area contributed by atoms with E-state index < -0.39 is 0 Å². The summed E-state index contributed by atoms with van der Waals surface area (Å²) in [6, 6.07) is 23.4. The summed E-state index contributed by atoms with van der Waals surface area (Å²) in [5.74, 6) is 0.293. The number of amides is 1. The lowest BCUT2D eigenvalue weighted by atomic mass is 10.00. The highest BCUT2D eigenvalue weighted by Gasteiger charge is 2.22. The van der Waals surface area contributed by atoms with Crippen molar-refractivity contribution in [3.63, 3.8) is 0 Å². The van der Waals surface area contributed by atoms with E-state index in [0.29, 0.717) is 29.1 Å². The molecule has 0 aliphatic carbocycles. The smallest absolute Gasteiger partial charge is 0.266 e. The maximum Gasteiger partial charge on any atom is 0.266 e. The van der Waals surface area contributed by atoms with Crippen molar-refractivity contribution in [3.8, 4) is 5.69 Å². The summed E-state index contributed by atoms with van der Waals surface area (Å²) in [6.07, 6.45) is 0.870. The molecule has 0 bridgehead atoms. The van der Waals surface area contributed by atoms with Gasteiger partial charge in [-0.15, -0.1) is 0 Å². The molecule has 4 aromatic rings. The van der Waals surface area contributed by atoms with Crippen molar-refractivity contribution in [1.82, 2.24) is 14.5 Å². The van der Waals surface area contributed by atoms with Gasteiger partial charge in [0.1, 0.15) is 0 Å². The molecule has 1 aromatic heterocycles. The van der Waals surface area contributed by atoms with Crippen LogP contribution in [-0.4, -0.2) is 32.7 Å². The minimum Gasteiger partial charge on any atom is -0.337 e. The van der Waals surface area contributed by atoms with Gasteiger partial charge in [-0.05, 0) is 48.7 Å². The predicted octanol–water partition coefficient (Wildman–Crippen LogP) is 4.37. The molecule has 1 aliphatic rings. The predicted molar refractivity (Wildman–Crippen MR) is 128 cm³/mol. The van der Waals surface area contributed by atoms with Crippen molar-refractivity contribution in [2.75, 3.05) is 12.3 Å². The van der Waals surface area contributed by atoms with Crippen LogP contribution >= 0.6 is 11.8 Å². The van der Waals surface area contributed by atoms with Crippen LogP contribution in [0.25, 0.3) is 16.6 Å². The molecule has 1 aliphatic heterocycles. The number of hydrogen-bond acceptors (Lipinski definition) is 4. The maximum atomic E-state index is 13.3. The highest BCUT2D eigenvalue weighted by molar-refractivity contribution is 7.99. The lowest BCUT2D eigenvalue weighted by Gasteiger charge is -2.28. The Morgan fingerprint density at radius 3 is 2.50 bits per heavy atom. The van der Waals surface area contributed by atoms with Crippen LogP contribution in [0, 0.1) is 6.92 Å². The van der Waals surface area contributed by atoms with Gasteiger partial charge in [-0.3, -0.25) is 14.2 Å². The number of aromatic nitrogens is 2. The van der Waals surface area contributed by atoms with Gasteiger partial charge in [0, 0.05) is 13.1 Å². The van der Waals surface area contributed by atoms with Crippen molar-refractivity contribution in [1.29, 1.82) is 0 Å². The van der Waals surface area contributed by atoms with Crippen molar-refractivity contribution < 1.29 is 4.79 Å². The molecular weight excluding hydrogens is 418 g/mol. The molecule has 6 heteroatoms. The SMILES string of the molecule is Cc1ccc(-n2c(SCC(=O)N3CCc4ccccc4C3)nc3ccccc3c2=O)cc1. The van der Waals surface area contributed by atoms with Crippen LogP contribution in [0.1, 0.15) is 16.7 Å². The van der Waals surface area contributed by atoms with Gasteiger partial charge >= 0.3 is 0 Å². The van der Waals surface area contributed by atoms with E-state index in [9.17, 15) is 9.59 Å². The third kappa shape index (κ3) is 3.94. The van der Waals surface area contributed by atoms with E-state index in [1.54, 1.807) is 10.6 Å². The average molecular weight is 442 g/mol. The van der Waals surface area contributed by atoms with Gasteiger partial charge in [-0.1, -0.05) is 65.9 Å². The van der Waals surface area contributed by atoms with Crippen molar-refractivity contribution >= 4 is 28.6 Å². The molecule has 0 saturated carbocycles. The van der Waals surface area contributed by atoms with Crippen LogP contribution in [0.3, 0.4) is 0 Å². The quantitative estimate of drug-likeness (QED) is 0.349. The Kier molecular flexibility index (Phi) is 5.53. The molecule has 32 heavy (non-hydrogen) atoms. The summed E-state index contributed by atoms with van der Waals surface area (Å²) in [5, 5.41) is 1.10. The Hall–Kier alpha value is -3.38. The van der Waals surface area contributed by atoms with Gasteiger partial charge < -0.3 is 4.90 Å². The van der Waals surface area contributed by atoms with Crippen LogP contribution < -0.4 is 5.56 Å². The van der Waals surface area contributed by atoms with E-state index in [2.05, 4.69) is 12.1 Å². The average Bonchev–Trinajstić information content (AvgIpc) is 2.83. The number of benzene rings is 3. The van der Waals surface area contributed by atoms with E-state index in [1.165, 1.54) is 22.9 Å². The van der Waals surface area contributed by atoms with Gasteiger partial charge in [0.15, 0.2) is 5.16 Å². The second-order valence-electron chi connectivity index (χ2n) is 8.01. The van der Waals surface area contributed by atoms with E-state index in [1.807, 2.05) is 66.4 Å². The zero-order chi connectivity index (χ0) is 22.1. The molecule has 0 unspecified atom stereocenters. The molecule has 0 fully saturated rings. The Labute approximate surface area is 190 Å². The Bertz CT molecular complexity index is 1360. The van der Waals surface area contributed by atoms with Gasteiger partial charge in [-0.25, -0.2) is 4.98 Å². The molecule has 0 atom stereocenters. The lowest BCUT2D eigenvalue weighted by molar-refractivity contribution is -0.129. The van der Waals surface area contributed by atoms with E-state index >= 15 is 0 Å². The monoisotopic (exact) mass is 441 g/mol. The van der Waals surface area contributed by atoms with E-state index in [4.69, 9.17) is 4.98 Å². The number of aryl methyl sites for hydroxylation is 1. The fourth-order valence-electron chi connectivity index (χ4n) is 4.06. The van der Waals surface area contributed by atoms with Gasteiger partial charge in [-0.2, -0.15) is 0 Å². The molecule has 160 valence electrons. The molecule has 0 spiro atoms. The molecule has 0 radical (unpaired) electrons. The van der Waals surface area contributed by atoms with Crippen LogP contribution in [0.2, 0.25) is 0 Å². The largest absolute Gasteiger partial charge is 0.337 e. The van der Waals surface area contributed by atoms with Gasteiger partial charge in [0.2, 0.25) is 5.91 Å². The first-order chi connectivity index (χ1) is 15.6. The Balaban J connectivity index is 1.45. The second kappa shape index (κ2) is 8.63. The summed E-state index contributed by atoms with van der Waals surface area (Å²) in [6.45, 7) is 3.36. The van der Waals surface area contributed by atoms with Crippen molar-refractivity contribution in [2.24, 2.45) is 0 Å². The molecule has 5 rings (SSSR count). The first-order valence-corrected chi connectivity index (χ1v) is 11.6. The normalized spacial score (nSPS) is 13.2. The summed E-state index contributed by atoms with van der Waals surface area (Å²) < 4.78 is 1.62. The molecule has 5 nitrogen and oxygen atoms in total. The number of hydrogen-bond donors (Lipinski definition) is 0. The minimum absolute atomic E-state index is 0.0577. The van der Waals surface area contributed by atoms with Crippen molar-refractivity contribution in [2.45, 2.75) is 25.0 Å². The fourth-order valence-corrected chi connectivity index (χ4v) is 4.97. The topological polar surface area (TPSA) is 55.2 Å². The van der Waals surface area contributed by atoms with Crippen LogP contribution in [0.4, 0.5) is 0 Å². The highest BCUT2D eigenvalue weighted by atomic mass is 32.2.